The maximum atomic E-state index is 13.6. The molecule has 2 rings (SSSR count). The first-order valence-electron chi connectivity index (χ1n) is 5.60. The lowest BCUT2D eigenvalue weighted by Crippen LogP contribution is -2.01. The summed E-state index contributed by atoms with van der Waals surface area (Å²) in [7, 11) is 1.55. The van der Waals surface area contributed by atoms with E-state index in [0.29, 0.717) is 15.9 Å². The summed E-state index contributed by atoms with van der Waals surface area (Å²) >= 11 is 3.19. The second kappa shape index (κ2) is 5.93. The number of ether oxygens (including phenoxy) is 2. The van der Waals surface area contributed by atoms with Crippen LogP contribution in [0.4, 0.5) is 10.1 Å². The summed E-state index contributed by atoms with van der Waals surface area (Å²) in [4.78, 5) is 0. The minimum atomic E-state index is -0.413. The number of hydrogen-bond acceptors (Lipinski definition) is 3. The highest BCUT2D eigenvalue weighted by Crippen LogP contribution is 2.25. The van der Waals surface area contributed by atoms with Gasteiger partial charge in [-0.05, 0) is 30.3 Å². The predicted molar refractivity (Wildman–Crippen MR) is 75.8 cm³/mol. The van der Waals surface area contributed by atoms with E-state index in [-0.39, 0.29) is 12.4 Å². The van der Waals surface area contributed by atoms with Crippen LogP contribution in [0, 0.1) is 5.82 Å². The zero-order valence-corrected chi connectivity index (χ0v) is 11.9. The van der Waals surface area contributed by atoms with Crippen molar-refractivity contribution in [1.29, 1.82) is 0 Å². The van der Waals surface area contributed by atoms with Gasteiger partial charge in [-0.25, -0.2) is 4.39 Å². The van der Waals surface area contributed by atoms with Gasteiger partial charge >= 0.3 is 0 Å². The van der Waals surface area contributed by atoms with Crippen molar-refractivity contribution in [3.63, 3.8) is 0 Å². The molecule has 5 heteroatoms. The fourth-order valence-corrected chi connectivity index (χ4v) is 1.96. The Kier molecular flexibility index (Phi) is 4.27. The highest BCUT2D eigenvalue weighted by Gasteiger charge is 2.07. The van der Waals surface area contributed by atoms with Crippen LogP contribution in [0.15, 0.2) is 40.9 Å². The molecule has 2 aromatic rings. The number of methoxy groups -OCH3 is 1. The topological polar surface area (TPSA) is 44.5 Å². The van der Waals surface area contributed by atoms with E-state index in [2.05, 4.69) is 15.9 Å². The van der Waals surface area contributed by atoms with Gasteiger partial charge in [0.05, 0.1) is 7.11 Å². The Morgan fingerprint density at radius 1 is 1.16 bits per heavy atom. The molecule has 100 valence electrons. The molecular formula is C14H13BrFNO2. The van der Waals surface area contributed by atoms with Gasteiger partial charge in [0.2, 0.25) is 0 Å². The lowest BCUT2D eigenvalue weighted by Gasteiger charge is -2.11. The zero-order chi connectivity index (χ0) is 13.8. The van der Waals surface area contributed by atoms with Crippen LogP contribution in [0.3, 0.4) is 0 Å². The normalized spacial score (nSPS) is 10.3. The van der Waals surface area contributed by atoms with Gasteiger partial charge in [0.15, 0.2) is 11.6 Å². The van der Waals surface area contributed by atoms with Crippen molar-refractivity contribution in [2.45, 2.75) is 6.61 Å². The number of nitrogens with two attached hydrogens (primary N) is 1. The van der Waals surface area contributed by atoms with Crippen LogP contribution in [-0.4, -0.2) is 7.11 Å². The number of nitrogen functional groups attached to an aromatic ring is 1. The smallest absolute Gasteiger partial charge is 0.166 e. The molecule has 0 aliphatic rings. The molecule has 0 unspecified atom stereocenters. The second-order valence-electron chi connectivity index (χ2n) is 3.93. The van der Waals surface area contributed by atoms with Crippen LogP contribution in [0.1, 0.15) is 5.56 Å². The Bertz CT molecular complexity index is 590. The fraction of sp³-hybridized carbons (Fsp3) is 0.143. The number of hydrogen-bond donors (Lipinski definition) is 1. The Labute approximate surface area is 119 Å². The average molecular weight is 326 g/mol. The van der Waals surface area contributed by atoms with Crippen molar-refractivity contribution < 1.29 is 13.9 Å². The third kappa shape index (κ3) is 3.38. The lowest BCUT2D eigenvalue weighted by atomic mass is 10.2. The minimum Gasteiger partial charge on any atom is -0.496 e. The van der Waals surface area contributed by atoms with Crippen LogP contribution in [0.5, 0.6) is 11.5 Å². The van der Waals surface area contributed by atoms with Gasteiger partial charge in [0.1, 0.15) is 12.4 Å². The van der Waals surface area contributed by atoms with E-state index in [0.717, 1.165) is 5.56 Å². The molecule has 0 saturated carbocycles. The summed E-state index contributed by atoms with van der Waals surface area (Å²) in [5.74, 6) is 0.406. The van der Waals surface area contributed by atoms with Crippen molar-refractivity contribution in [2.75, 3.05) is 12.8 Å². The molecule has 0 heterocycles. The molecule has 0 bridgehead atoms. The first-order valence-corrected chi connectivity index (χ1v) is 6.39. The molecule has 0 aromatic heterocycles. The number of halogens is 2. The maximum absolute atomic E-state index is 13.6. The van der Waals surface area contributed by atoms with Crippen LogP contribution in [0.2, 0.25) is 0 Å². The second-order valence-corrected chi connectivity index (χ2v) is 4.85. The summed E-state index contributed by atoms with van der Waals surface area (Å²) in [5.41, 5.74) is 7.08. The maximum Gasteiger partial charge on any atom is 0.166 e. The van der Waals surface area contributed by atoms with Crippen LogP contribution >= 0.6 is 15.9 Å². The standard InChI is InChI=1S/C14H13BrFNO2/c1-18-14-7-11(17)4-2-9(14)8-19-13-5-3-10(15)6-12(13)16/h2-7H,8,17H2,1H3. The van der Waals surface area contributed by atoms with Crippen molar-refractivity contribution >= 4 is 21.6 Å². The van der Waals surface area contributed by atoms with Gasteiger partial charge in [-0.3, -0.25) is 0 Å². The van der Waals surface area contributed by atoms with Gasteiger partial charge < -0.3 is 15.2 Å². The summed E-state index contributed by atoms with van der Waals surface area (Å²) in [6.45, 7) is 0.210. The molecule has 0 radical (unpaired) electrons. The first kappa shape index (κ1) is 13.7. The zero-order valence-electron chi connectivity index (χ0n) is 10.3. The van der Waals surface area contributed by atoms with E-state index in [4.69, 9.17) is 15.2 Å². The third-order valence-electron chi connectivity index (χ3n) is 2.59. The van der Waals surface area contributed by atoms with Gasteiger partial charge in [0, 0.05) is 21.8 Å². The highest BCUT2D eigenvalue weighted by atomic mass is 79.9. The summed E-state index contributed by atoms with van der Waals surface area (Å²) in [5, 5.41) is 0. The Morgan fingerprint density at radius 3 is 2.63 bits per heavy atom. The molecule has 0 aliphatic carbocycles. The lowest BCUT2D eigenvalue weighted by molar-refractivity contribution is 0.282. The molecule has 2 N–H and O–H groups in total. The molecule has 2 aromatic carbocycles. The van der Waals surface area contributed by atoms with E-state index in [1.165, 1.54) is 6.07 Å². The van der Waals surface area contributed by atoms with E-state index >= 15 is 0 Å². The van der Waals surface area contributed by atoms with Crippen molar-refractivity contribution in [1.82, 2.24) is 0 Å². The highest BCUT2D eigenvalue weighted by molar-refractivity contribution is 9.10. The quantitative estimate of drug-likeness (QED) is 0.870. The number of rotatable bonds is 4. The molecular weight excluding hydrogens is 313 g/mol. The third-order valence-corrected chi connectivity index (χ3v) is 3.08. The van der Waals surface area contributed by atoms with Crippen LogP contribution < -0.4 is 15.2 Å². The first-order chi connectivity index (χ1) is 9.10. The van der Waals surface area contributed by atoms with Crippen LogP contribution in [0.25, 0.3) is 0 Å². The average Bonchev–Trinajstić information content (AvgIpc) is 2.39. The van der Waals surface area contributed by atoms with E-state index in [1.54, 1.807) is 37.4 Å². The summed E-state index contributed by atoms with van der Waals surface area (Å²) in [6, 6.07) is 9.90. The largest absolute Gasteiger partial charge is 0.496 e. The summed E-state index contributed by atoms with van der Waals surface area (Å²) < 4.78 is 24.9. The van der Waals surface area contributed by atoms with Gasteiger partial charge in [-0.1, -0.05) is 15.9 Å². The number of anilines is 1. The fourth-order valence-electron chi connectivity index (χ4n) is 1.63. The van der Waals surface area contributed by atoms with Gasteiger partial charge in [-0.15, -0.1) is 0 Å². The van der Waals surface area contributed by atoms with Crippen LogP contribution in [-0.2, 0) is 6.61 Å². The summed E-state index contributed by atoms with van der Waals surface area (Å²) in [6.07, 6.45) is 0. The Hall–Kier alpha value is -1.75. The Balaban J connectivity index is 2.14. The Morgan fingerprint density at radius 2 is 1.95 bits per heavy atom. The monoisotopic (exact) mass is 325 g/mol. The molecule has 19 heavy (non-hydrogen) atoms. The van der Waals surface area contributed by atoms with Crippen molar-refractivity contribution in [3.8, 4) is 11.5 Å². The number of benzene rings is 2. The van der Waals surface area contributed by atoms with Crippen molar-refractivity contribution in [2.24, 2.45) is 0 Å². The molecule has 0 fully saturated rings. The van der Waals surface area contributed by atoms with Gasteiger partial charge in [-0.2, -0.15) is 0 Å². The van der Waals surface area contributed by atoms with E-state index in [1.807, 2.05) is 0 Å². The minimum absolute atomic E-state index is 0.196. The van der Waals surface area contributed by atoms with E-state index < -0.39 is 5.82 Å². The van der Waals surface area contributed by atoms with Gasteiger partial charge in [0.25, 0.3) is 0 Å². The molecule has 0 aliphatic heterocycles. The molecule has 0 amide bonds. The molecule has 0 atom stereocenters. The van der Waals surface area contributed by atoms with Crippen molar-refractivity contribution in [3.05, 3.63) is 52.3 Å². The molecule has 3 nitrogen and oxygen atoms in total. The predicted octanol–water partition coefficient (Wildman–Crippen LogP) is 3.76. The SMILES string of the molecule is COc1cc(N)ccc1COc1ccc(Br)cc1F. The molecule has 0 saturated heterocycles. The van der Waals surface area contributed by atoms with E-state index in [9.17, 15) is 4.39 Å². The molecule has 0 spiro atoms.